The Kier molecular flexibility index (Phi) is 8.47. The quantitative estimate of drug-likeness (QED) is 0.564. The Morgan fingerprint density at radius 1 is 1.43 bits per heavy atom. The summed E-state index contributed by atoms with van der Waals surface area (Å²) in [7, 11) is 4.09. The van der Waals surface area contributed by atoms with Crippen molar-refractivity contribution in [3.05, 3.63) is 6.92 Å². The SMILES string of the molecule is N.[CH2]CCN(C)C. The minimum atomic E-state index is 0. The molecule has 0 amide bonds. The summed E-state index contributed by atoms with van der Waals surface area (Å²) in [5, 5.41) is 0. The standard InChI is InChI=1S/C5H12N.H3N/c1-4-5-6(2)3;/h1,4-5H2,2-3H3;1H3. The molecule has 0 fully saturated rings. The van der Waals surface area contributed by atoms with E-state index in [1.54, 1.807) is 0 Å². The molecule has 0 atom stereocenters. The van der Waals surface area contributed by atoms with Gasteiger partial charge in [-0.1, -0.05) is 6.92 Å². The second-order valence-electron chi connectivity index (χ2n) is 1.66. The largest absolute Gasteiger partial charge is 0.344 e. The van der Waals surface area contributed by atoms with Crippen LogP contribution in [0.25, 0.3) is 0 Å². The maximum atomic E-state index is 3.68. The van der Waals surface area contributed by atoms with Crippen LogP contribution in [0.1, 0.15) is 6.42 Å². The summed E-state index contributed by atoms with van der Waals surface area (Å²) in [5.41, 5.74) is 0. The first-order valence-electron chi connectivity index (χ1n) is 2.21. The lowest BCUT2D eigenvalue weighted by molar-refractivity contribution is 0.416. The fourth-order valence-corrected chi connectivity index (χ4v) is 0.316. The lowest BCUT2D eigenvalue weighted by Crippen LogP contribution is -2.11. The Morgan fingerprint density at radius 2 is 1.86 bits per heavy atom. The molecule has 0 heterocycles. The van der Waals surface area contributed by atoms with E-state index in [0.29, 0.717) is 0 Å². The van der Waals surface area contributed by atoms with Crippen LogP contribution in [0.15, 0.2) is 0 Å². The van der Waals surface area contributed by atoms with Crippen LogP contribution >= 0.6 is 0 Å². The zero-order chi connectivity index (χ0) is 4.99. The molecular weight excluding hydrogens is 88.1 g/mol. The Hall–Kier alpha value is -0.0800. The van der Waals surface area contributed by atoms with E-state index in [2.05, 4.69) is 11.8 Å². The highest BCUT2D eigenvalue weighted by Crippen LogP contribution is 1.75. The summed E-state index contributed by atoms with van der Waals surface area (Å²) in [6.45, 7) is 4.78. The summed E-state index contributed by atoms with van der Waals surface area (Å²) >= 11 is 0. The molecule has 1 radical (unpaired) electrons. The molecule has 0 aliphatic rings. The molecule has 7 heavy (non-hydrogen) atoms. The monoisotopic (exact) mass is 103 g/mol. The van der Waals surface area contributed by atoms with Gasteiger partial charge in [-0.05, 0) is 27.1 Å². The maximum Gasteiger partial charge on any atom is -0.00248 e. The van der Waals surface area contributed by atoms with Crippen molar-refractivity contribution in [3.8, 4) is 0 Å². The van der Waals surface area contributed by atoms with Crippen LogP contribution in [0.5, 0.6) is 0 Å². The topological polar surface area (TPSA) is 38.2 Å². The van der Waals surface area contributed by atoms with E-state index in [9.17, 15) is 0 Å². The van der Waals surface area contributed by atoms with Gasteiger partial charge < -0.3 is 11.1 Å². The molecule has 0 aliphatic heterocycles. The van der Waals surface area contributed by atoms with E-state index in [0.717, 1.165) is 13.0 Å². The van der Waals surface area contributed by atoms with Gasteiger partial charge in [0.1, 0.15) is 0 Å². The van der Waals surface area contributed by atoms with Crippen molar-refractivity contribution in [2.24, 2.45) is 0 Å². The van der Waals surface area contributed by atoms with E-state index < -0.39 is 0 Å². The molecule has 0 spiro atoms. The van der Waals surface area contributed by atoms with Gasteiger partial charge in [0.15, 0.2) is 0 Å². The molecule has 0 aromatic heterocycles. The van der Waals surface area contributed by atoms with Gasteiger partial charge >= 0.3 is 0 Å². The average molecular weight is 103 g/mol. The van der Waals surface area contributed by atoms with E-state index in [1.807, 2.05) is 14.1 Å². The number of hydrogen-bond acceptors (Lipinski definition) is 2. The molecule has 0 aliphatic carbocycles. The number of hydrogen-bond donors (Lipinski definition) is 1. The van der Waals surface area contributed by atoms with Gasteiger partial charge in [-0.2, -0.15) is 0 Å². The van der Waals surface area contributed by atoms with Crippen molar-refractivity contribution >= 4 is 0 Å². The van der Waals surface area contributed by atoms with Gasteiger partial charge in [-0.25, -0.2) is 0 Å². The fourth-order valence-electron chi connectivity index (χ4n) is 0.316. The van der Waals surface area contributed by atoms with Gasteiger partial charge in [0.25, 0.3) is 0 Å². The van der Waals surface area contributed by atoms with Crippen molar-refractivity contribution in [1.82, 2.24) is 11.1 Å². The molecule has 0 unspecified atom stereocenters. The lowest BCUT2D eigenvalue weighted by Gasteiger charge is -2.03. The van der Waals surface area contributed by atoms with Gasteiger partial charge in [-0.3, -0.25) is 0 Å². The Bertz CT molecular complexity index is 27.3. The van der Waals surface area contributed by atoms with Gasteiger partial charge in [-0.15, -0.1) is 0 Å². The molecule has 0 bridgehead atoms. The smallest absolute Gasteiger partial charge is 0.00248 e. The zero-order valence-corrected chi connectivity index (χ0v) is 5.28. The van der Waals surface area contributed by atoms with Crippen LogP contribution in [0.4, 0.5) is 0 Å². The van der Waals surface area contributed by atoms with Crippen LogP contribution in [0, 0.1) is 6.92 Å². The minimum Gasteiger partial charge on any atom is -0.344 e. The summed E-state index contributed by atoms with van der Waals surface area (Å²) in [4.78, 5) is 2.12. The molecule has 0 saturated carbocycles. The van der Waals surface area contributed by atoms with Crippen molar-refractivity contribution in [2.45, 2.75) is 6.42 Å². The average Bonchev–Trinajstić information content (AvgIpc) is 1.35. The summed E-state index contributed by atoms with van der Waals surface area (Å²) < 4.78 is 0. The summed E-state index contributed by atoms with van der Waals surface area (Å²) in [6, 6.07) is 0. The minimum absolute atomic E-state index is 0. The molecule has 3 N–H and O–H groups in total. The Labute approximate surface area is 46.1 Å². The van der Waals surface area contributed by atoms with Crippen LogP contribution < -0.4 is 6.15 Å². The number of nitrogens with zero attached hydrogens (tertiary/aromatic N) is 1. The molecule has 0 rings (SSSR count). The molecule has 2 nitrogen and oxygen atoms in total. The fraction of sp³-hybridized carbons (Fsp3) is 0.800. The van der Waals surface area contributed by atoms with Crippen LogP contribution in [0.3, 0.4) is 0 Å². The first kappa shape index (κ1) is 10.0. The normalized spacial score (nSPS) is 8.57. The predicted octanol–water partition coefficient (Wildman–Crippen LogP) is 0.934. The molecule has 2 heteroatoms. The van der Waals surface area contributed by atoms with E-state index in [1.165, 1.54) is 0 Å². The maximum absolute atomic E-state index is 3.68. The van der Waals surface area contributed by atoms with Crippen LogP contribution in [-0.2, 0) is 0 Å². The van der Waals surface area contributed by atoms with Crippen molar-refractivity contribution in [3.63, 3.8) is 0 Å². The Morgan fingerprint density at radius 3 is 1.86 bits per heavy atom. The molecule has 45 valence electrons. The Balaban J connectivity index is 0. The van der Waals surface area contributed by atoms with E-state index in [-0.39, 0.29) is 6.15 Å². The lowest BCUT2D eigenvalue weighted by atomic mass is 10.5. The van der Waals surface area contributed by atoms with Crippen molar-refractivity contribution in [1.29, 1.82) is 0 Å². The number of rotatable bonds is 2. The highest BCUT2D eigenvalue weighted by atomic mass is 15.0. The highest BCUT2D eigenvalue weighted by molar-refractivity contribution is 4.42. The van der Waals surface area contributed by atoms with Gasteiger partial charge in [0.2, 0.25) is 0 Å². The second kappa shape index (κ2) is 5.92. The van der Waals surface area contributed by atoms with Gasteiger partial charge in [0.05, 0.1) is 0 Å². The second-order valence-corrected chi connectivity index (χ2v) is 1.66. The van der Waals surface area contributed by atoms with Crippen LogP contribution in [0.2, 0.25) is 0 Å². The van der Waals surface area contributed by atoms with E-state index >= 15 is 0 Å². The van der Waals surface area contributed by atoms with Gasteiger partial charge in [0, 0.05) is 0 Å². The van der Waals surface area contributed by atoms with Crippen molar-refractivity contribution in [2.75, 3.05) is 20.6 Å². The third-order valence-corrected chi connectivity index (χ3v) is 0.605. The molecule has 0 saturated heterocycles. The molecule has 0 aromatic rings. The summed E-state index contributed by atoms with van der Waals surface area (Å²) in [5.74, 6) is 0. The third-order valence-electron chi connectivity index (χ3n) is 0.605. The highest BCUT2D eigenvalue weighted by Gasteiger charge is 1.79. The third kappa shape index (κ3) is 10.7. The molecular formula is C5H15N2. The first-order chi connectivity index (χ1) is 2.77. The van der Waals surface area contributed by atoms with Crippen LogP contribution in [-0.4, -0.2) is 25.5 Å². The molecule has 0 aromatic carbocycles. The summed E-state index contributed by atoms with van der Waals surface area (Å²) in [6.07, 6.45) is 1.01. The zero-order valence-electron chi connectivity index (χ0n) is 5.28. The van der Waals surface area contributed by atoms with E-state index in [4.69, 9.17) is 0 Å². The van der Waals surface area contributed by atoms with Crippen molar-refractivity contribution < 1.29 is 0 Å². The predicted molar refractivity (Wildman–Crippen MR) is 33.6 cm³/mol. The first-order valence-corrected chi connectivity index (χ1v) is 2.21.